The molecule has 0 saturated carbocycles. The molecule has 0 aliphatic rings. The highest BCUT2D eigenvalue weighted by atomic mass is 32.1. The van der Waals surface area contributed by atoms with Crippen LogP contribution in [0.25, 0.3) is 11.3 Å². The summed E-state index contributed by atoms with van der Waals surface area (Å²) in [6.07, 6.45) is 0. The fourth-order valence-corrected chi connectivity index (χ4v) is 2.80. The molecule has 0 spiro atoms. The predicted octanol–water partition coefficient (Wildman–Crippen LogP) is 5.40. The van der Waals surface area contributed by atoms with Crippen LogP contribution in [0.5, 0.6) is 0 Å². The summed E-state index contributed by atoms with van der Waals surface area (Å²) in [6, 6.07) is 15.3. The van der Waals surface area contributed by atoms with Gasteiger partial charge in [0.15, 0.2) is 0 Å². The van der Waals surface area contributed by atoms with E-state index in [2.05, 4.69) is 10.3 Å². The molecule has 132 valence electrons. The molecule has 0 atom stereocenters. The Morgan fingerprint density at radius 3 is 2.56 bits per heavy atom. The third kappa shape index (κ3) is 4.90. The molecule has 1 amide bonds. The van der Waals surface area contributed by atoms with E-state index in [9.17, 15) is 4.79 Å². The Labute approximate surface area is 154 Å². The van der Waals surface area contributed by atoms with Crippen LogP contribution in [0, 0.1) is 0 Å². The number of carbonyl (C=O) groups excluding carboxylic acids is 1. The first-order valence-corrected chi connectivity index (χ1v) is 9.15. The number of rotatable bonds is 4. The fraction of sp³-hybridized carbons (Fsp3) is 0.200. The van der Waals surface area contributed by atoms with Gasteiger partial charge in [-0.15, -0.1) is 11.3 Å². The van der Waals surface area contributed by atoms with E-state index in [-0.39, 0.29) is 7.33 Å². The molecule has 0 aliphatic carbocycles. The Morgan fingerprint density at radius 1 is 1.12 bits per heavy atom. The third-order valence-corrected chi connectivity index (χ3v) is 4.06. The van der Waals surface area contributed by atoms with Crippen LogP contribution in [0.3, 0.4) is 0 Å². The van der Waals surface area contributed by atoms with Gasteiger partial charge >= 0.3 is 0 Å². The zero-order chi connectivity index (χ0) is 18.2. The van der Waals surface area contributed by atoms with Gasteiger partial charge in [-0.2, -0.15) is 0 Å². The second-order valence-electron chi connectivity index (χ2n) is 5.35. The van der Waals surface area contributed by atoms with Crippen molar-refractivity contribution >= 4 is 28.6 Å². The van der Waals surface area contributed by atoms with Crippen LogP contribution in [-0.2, 0) is 0 Å². The Hall–Kier alpha value is -2.66. The average molecular weight is 356 g/mol. The molecule has 0 aliphatic heterocycles. The second-order valence-corrected chi connectivity index (χ2v) is 6.07. The maximum Gasteiger partial charge on any atom is 0.255 e. The molecule has 3 aromatic rings. The minimum atomic E-state index is -0.121. The number of hydrogen-bond donors (Lipinski definition) is 1. The highest BCUT2D eigenvalue weighted by Crippen LogP contribution is 2.23. The number of amides is 1. The summed E-state index contributed by atoms with van der Waals surface area (Å²) in [5.41, 5.74) is 6.10. The number of aromatic nitrogens is 1. The van der Waals surface area contributed by atoms with Gasteiger partial charge in [-0.25, -0.2) is 4.98 Å². The van der Waals surface area contributed by atoms with E-state index in [4.69, 9.17) is 0 Å². The van der Waals surface area contributed by atoms with Crippen LogP contribution in [0.2, 0.25) is 0 Å². The predicted molar refractivity (Wildman–Crippen MR) is 110 cm³/mol. The van der Waals surface area contributed by atoms with E-state index in [1.54, 1.807) is 16.8 Å². The Bertz CT molecular complexity index is 819. The van der Waals surface area contributed by atoms with Crippen molar-refractivity contribution in [2.24, 2.45) is 0 Å². The zero-order valence-electron chi connectivity index (χ0n) is 15.0. The van der Waals surface area contributed by atoms with E-state index in [0.717, 1.165) is 22.6 Å². The van der Waals surface area contributed by atoms with Crippen molar-refractivity contribution in [2.75, 3.05) is 24.3 Å². The SMILES string of the molecule is CC.CN(C)c1cccc(C(=O)Nc2cccc(-c3cscn3)c2)c1.[HH]. The molecular weight excluding hydrogens is 330 g/mol. The molecule has 1 aromatic heterocycles. The number of nitrogens with one attached hydrogen (secondary N) is 1. The Morgan fingerprint density at radius 2 is 1.88 bits per heavy atom. The zero-order valence-corrected chi connectivity index (χ0v) is 15.8. The van der Waals surface area contributed by atoms with Gasteiger partial charge in [0.05, 0.1) is 11.2 Å². The van der Waals surface area contributed by atoms with Crippen molar-refractivity contribution in [3.8, 4) is 11.3 Å². The van der Waals surface area contributed by atoms with Crippen LogP contribution < -0.4 is 10.2 Å². The lowest BCUT2D eigenvalue weighted by molar-refractivity contribution is 0.102. The molecule has 0 unspecified atom stereocenters. The van der Waals surface area contributed by atoms with Crippen LogP contribution in [0.15, 0.2) is 59.4 Å². The molecule has 1 heterocycles. The van der Waals surface area contributed by atoms with Gasteiger partial charge in [0.25, 0.3) is 5.91 Å². The van der Waals surface area contributed by atoms with Crippen LogP contribution in [0.1, 0.15) is 25.6 Å². The second kappa shape index (κ2) is 8.99. The molecular formula is C20H25N3OS. The molecule has 0 saturated heterocycles. The van der Waals surface area contributed by atoms with Crippen molar-refractivity contribution in [3.63, 3.8) is 0 Å². The third-order valence-electron chi connectivity index (χ3n) is 3.47. The Kier molecular flexibility index (Phi) is 6.71. The van der Waals surface area contributed by atoms with Crippen molar-refractivity contribution in [1.29, 1.82) is 0 Å². The average Bonchev–Trinajstić information content (AvgIpc) is 3.18. The lowest BCUT2D eigenvalue weighted by Gasteiger charge is -2.13. The van der Waals surface area contributed by atoms with Gasteiger partial charge in [-0.3, -0.25) is 4.79 Å². The molecule has 5 heteroatoms. The first kappa shape index (κ1) is 18.7. The molecule has 0 bridgehead atoms. The van der Waals surface area contributed by atoms with E-state index in [1.165, 1.54) is 0 Å². The monoisotopic (exact) mass is 355 g/mol. The number of benzene rings is 2. The number of carbonyl (C=O) groups is 1. The van der Waals surface area contributed by atoms with Gasteiger partial charge in [0.2, 0.25) is 0 Å². The quantitative estimate of drug-likeness (QED) is 0.681. The molecule has 3 rings (SSSR count). The molecule has 25 heavy (non-hydrogen) atoms. The first-order valence-electron chi connectivity index (χ1n) is 8.21. The largest absolute Gasteiger partial charge is 0.378 e. The van der Waals surface area contributed by atoms with E-state index >= 15 is 0 Å². The van der Waals surface area contributed by atoms with E-state index in [0.29, 0.717) is 5.56 Å². The van der Waals surface area contributed by atoms with Gasteiger partial charge in [-0.05, 0) is 30.3 Å². The summed E-state index contributed by atoms with van der Waals surface area (Å²) in [5, 5.41) is 4.93. The normalized spacial score (nSPS) is 9.76. The maximum absolute atomic E-state index is 12.4. The molecule has 4 nitrogen and oxygen atoms in total. The summed E-state index contributed by atoms with van der Waals surface area (Å²) < 4.78 is 0. The lowest BCUT2D eigenvalue weighted by atomic mass is 10.1. The first-order chi connectivity index (χ1) is 12.1. The standard InChI is InChI=1S/C18H17N3OS.C2H6.H2/c1-21(2)16-8-4-6-14(10-16)18(22)20-15-7-3-5-13(9-15)17-11-23-12-19-17;1-2;/h3-12H,1-2H3,(H,20,22);1-2H3;1H. The summed E-state index contributed by atoms with van der Waals surface area (Å²) in [6.45, 7) is 4.00. The van der Waals surface area contributed by atoms with Crippen molar-refractivity contribution in [3.05, 3.63) is 65.0 Å². The van der Waals surface area contributed by atoms with Gasteiger partial charge in [-0.1, -0.05) is 32.0 Å². The van der Waals surface area contributed by atoms with Crippen molar-refractivity contribution in [2.45, 2.75) is 13.8 Å². The summed E-state index contributed by atoms with van der Waals surface area (Å²) in [7, 11) is 3.91. The van der Waals surface area contributed by atoms with Gasteiger partial charge < -0.3 is 10.2 Å². The van der Waals surface area contributed by atoms with Crippen LogP contribution >= 0.6 is 11.3 Å². The van der Waals surface area contributed by atoms with Crippen LogP contribution in [0.4, 0.5) is 11.4 Å². The number of nitrogens with zero attached hydrogens (tertiary/aromatic N) is 2. The summed E-state index contributed by atoms with van der Waals surface area (Å²) in [5.74, 6) is -0.121. The summed E-state index contributed by atoms with van der Waals surface area (Å²) in [4.78, 5) is 18.7. The topological polar surface area (TPSA) is 45.2 Å². The lowest BCUT2D eigenvalue weighted by Crippen LogP contribution is -2.14. The Balaban J connectivity index is 0.00000109. The highest BCUT2D eigenvalue weighted by molar-refractivity contribution is 7.07. The summed E-state index contributed by atoms with van der Waals surface area (Å²) >= 11 is 1.55. The van der Waals surface area contributed by atoms with E-state index in [1.807, 2.05) is 86.8 Å². The fourth-order valence-electron chi connectivity index (χ4n) is 2.24. The maximum atomic E-state index is 12.4. The number of hydrogen-bond acceptors (Lipinski definition) is 4. The number of anilines is 2. The van der Waals surface area contributed by atoms with Crippen molar-refractivity contribution < 1.29 is 6.22 Å². The van der Waals surface area contributed by atoms with E-state index < -0.39 is 0 Å². The molecule has 1 N–H and O–H groups in total. The molecule has 0 radical (unpaired) electrons. The highest BCUT2D eigenvalue weighted by Gasteiger charge is 2.08. The van der Waals surface area contributed by atoms with Gasteiger partial charge in [0.1, 0.15) is 0 Å². The molecule has 0 fully saturated rings. The molecule has 2 aromatic carbocycles. The smallest absolute Gasteiger partial charge is 0.255 e. The van der Waals surface area contributed by atoms with Gasteiger partial charge in [0, 0.05) is 43.4 Å². The minimum Gasteiger partial charge on any atom is -0.378 e. The van der Waals surface area contributed by atoms with Crippen molar-refractivity contribution in [1.82, 2.24) is 4.98 Å². The minimum absolute atomic E-state index is 0. The number of thiazole rings is 1. The van der Waals surface area contributed by atoms with Crippen LogP contribution in [-0.4, -0.2) is 25.0 Å².